The Labute approximate surface area is 112 Å². The lowest BCUT2D eigenvalue weighted by molar-refractivity contribution is 0.250. The average Bonchev–Trinajstić information content (AvgIpc) is 2.39. The van der Waals surface area contributed by atoms with Gasteiger partial charge < -0.3 is 10.6 Å². The molecule has 0 saturated carbocycles. The van der Waals surface area contributed by atoms with E-state index < -0.39 is 0 Å². The molecule has 0 fully saturated rings. The normalized spacial score (nSPS) is 10.3. The van der Waals surface area contributed by atoms with Crippen LogP contribution in [0.2, 0.25) is 0 Å². The molecule has 2 amide bonds. The fraction of sp³-hybridized carbons (Fsp3) is 0.200. The fourth-order valence-electron chi connectivity index (χ4n) is 1.70. The van der Waals surface area contributed by atoms with Gasteiger partial charge in [-0.3, -0.25) is 4.98 Å². The van der Waals surface area contributed by atoms with Crippen molar-refractivity contribution in [2.24, 2.45) is 0 Å². The summed E-state index contributed by atoms with van der Waals surface area (Å²) < 4.78 is 0. The average molecular weight is 255 g/mol. The molecule has 4 nitrogen and oxygen atoms in total. The van der Waals surface area contributed by atoms with Crippen LogP contribution in [-0.2, 0) is 0 Å². The molecule has 19 heavy (non-hydrogen) atoms. The summed E-state index contributed by atoms with van der Waals surface area (Å²) in [5.74, 6) is 0. The number of carbonyl (C=O) groups excluding carboxylic acids is 1. The molecule has 0 saturated heterocycles. The molecule has 4 heteroatoms. The Bertz CT molecular complexity index is 552. The second-order valence-corrected chi connectivity index (χ2v) is 4.55. The zero-order chi connectivity index (χ0) is 13.7. The molecular weight excluding hydrogens is 238 g/mol. The summed E-state index contributed by atoms with van der Waals surface area (Å²) in [6, 6.07) is 13.4. The van der Waals surface area contributed by atoms with Crippen LogP contribution in [0.15, 0.2) is 48.7 Å². The van der Waals surface area contributed by atoms with Gasteiger partial charge in [0.05, 0.1) is 5.69 Å². The number of rotatable bonds is 3. The molecule has 0 unspecified atom stereocenters. The number of anilines is 1. The van der Waals surface area contributed by atoms with Gasteiger partial charge in [-0.2, -0.15) is 0 Å². The van der Waals surface area contributed by atoms with Crippen LogP contribution in [-0.4, -0.2) is 17.1 Å². The van der Waals surface area contributed by atoms with E-state index in [9.17, 15) is 4.79 Å². The van der Waals surface area contributed by atoms with Crippen LogP contribution >= 0.6 is 0 Å². The third-order valence-corrected chi connectivity index (χ3v) is 2.51. The standard InChI is InChI=1S/C15H17N3O/c1-11(2)17-15(19)18-13-8-9-16-14(10-13)12-6-4-3-5-7-12/h3-11H,1-2H3,(H2,16,17,18,19). The van der Waals surface area contributed by atoms with Gasteiger partial charge in [0.1, 0.15) is 0 Å². The van der Waals surface area contributed by atoms with Crippen LogP contribution in [0.3, 0.4) is 0 Å². The molecule has 2 rings (SSSR count). The van der Waals surface area contributed by atoms with E-state index in [1.807, 2.05) is 50.2 Å². The Morgan fingerprint density at radius 1 is 1.16 bits per heavy atom. The quantitative estimate of drug-likeness (QED) is 0.884. The van der Waals surface area contributed by atoms with Crippen molar-refractivity contribution in [3.63, 3.8) is 0 Å². The van der Waals surface area contributed by atoms with Crippen molar-refractivity contribution in [1.82, 2.24) is 10.3 Å². The lowest BCUT2D eigenvalue weighted by Crippen LogP contribution is -2.34. The van der Waals surface area contributed by atoms with E-state index in [-0.39, 0.29) is 12.1 Å². The summed E-state index contributed by atoms with van der Waals surface area (Å²) in [6.45, 7) is 3.84. The monoisotopic (exact) mass is 255 g/mol. The van der Waals surface area contributed by atoms with Crippen molar-refractivity contribution >= 4 is 11.7 Å². The molecule has 0 aliphatic rings. The first kappa shape index (κ1) is 13.1. The highest BCUT2D eigenvalue weighted by Gasteiger charge is 2.05. The molecule has 0 aliphatic carbocycles. The Morgan fingerprint density at radius 2 is 1.89 bits per heavy atom. The number of hydrogen-bond donors (Lipinski definition) is 2. The van der Waals surface area contributed by atoms with E-state index in [1.165, 1.54) is 0 Å². The third-order valence-electron chi connectivity index (χ3n) is 2.51. The second kappa shape index (κ2) is 6.00. The Kier molecular flexibility index (Phi) is 4.13. The number of aromatic nitrogens is 1. The van der Waals surface area contributed by atoms with E-state index >= 15 is 0 Å². The number of nitrogens with zero attached hydrogens (tertiary/aromatic N) is 1. The van der Waals surface area contributed by atoms with Gasteiger partial charge in [0.25, 0.3) is 0 Å². The first-order valence-corrected chi connectivity index (χ1v) is 6.24. The Balaban J connectivity index is 2.14. The molecular formula is C15H17N3O. The van der Waals surface area contributed by atoms with Gasteiger partial charge in [0.2, 0.25) is 0 Å². The predicted octanol–water partition coefficient (Wildman–Crippen LogP) is 3.28. The molecule has 0 spiro atoms. The summed E-state index contributed by atoms with van der Waals surface area (Å²) in [5.41, 5.74) is 2.59. The molecule has 98 valence electrons. The summed E-state index contributed by atoms with van der Waals surface area (Å²) >= 11 is 0. The van der Waals surface area contributed by atoms with E-state index in [4.69, 9.17) is 0 Å². The van der Waals surface area contributed by atoms with Crippen molar-refractivity contribution in [3.8, 4) is 11.3 Å². The minimum Gasteiger partial charge on any atom is -0.336 e. The maximum absolute atomic E-state index is 11.6. The molecule has 0 aliphatic heterocycles. The fourth-order valence-corrected chi connectivity index (χ4v) is 1.70. The molecule has 0 atom stereocenters. The van der Waals surface area contributed by atoms with E-state index in [1.54, 1.807) is 12.3 Å². The number of pyridine rings is 1. The molecule has 0 radical (unpaired) electrons. The largest absolute Gasteiger partial charge is 0.336 e. The van der Waals surface area contributed by atoms with E-state index in [2.05, 4.69) is 15.6 Å². The Morgan fingerprint density at radius 3 is 2.58 bits per heavy atom. The topological polar surface area (TPSA) is 54.0 Å². The number of carbonyl (C=O) groups is 1. The van der Waals surface area contributed by atoms with Crippen LogP contribution in [0.5, 0.6) is 0 Å². The SMILES string of the molecule is CC(C)NC(=O)Nc1ccnc(-c2ccccc2)c1. The van der Waals surface area contributed by atoms with E-state index in [0.717, 1.165) is 16.9 Å². The lowest BCUT2D eigenvalue weighted by Gasteiger charge is -2.10. The van der Waals surface area contributed by atoms with Gasteiger partial charge >= 0.3 is 6.03 Å². The molecule has 2 aromatic rings. The van der Waals surface area contributed by atoms with Crippen molar-refractivity contribution in [1.29, 1.82) is 0 Å². The number of nitrogens with one attached hydrogen (secondary N) is 2. The number of benzene rings is 1. The third kappa shape index (κ3) is 3.81. The van der Waals surface area contributed by atoms with Gasteiger partial charge in [0.15, 0.2) is 0 Å². The highest BCUT2D eigenvalue weighted by molar-refractivity contribution is 5.89. The highest BCUT2D eigenvalue weighted by atomic mass is 16.2. The zero-order valence-corrected chi connectivity index (χ0v) is 11.1. The Hall–Kier alpha value is -2.36. The lowest BCUT2D eigenvalue weighted by atomic mass is 10.1. The second-order valence-electron chi connectivity index (χ2n) is 4.55. The summed E-state index contributed by atoms with van der Waals surface area (Å²) in [4.78, 5) is 15.9. The number of hydrogen-bond acceptors (Lipinski definition) is 2. The molecule has 2 N–H and O–H groups in total. The maximum atomic E-state index is 11.6. The van der Waals surface area contributed by atoms with Gasteiger partial charge in [-0.25, -0.2) is 4.79 Å². The molecule has 1 aromatic carbocycles. The van der Waals surface area contributed by atoms with Gasteiger partial charge in [-0.1, -0.05) is 30.3 Å². The zero-order valence-electron chi connectivity index (χ0n) is 11.1. The number of amides is 2. The molecule has 1 aromatic heterocycles. The smallest absolute Gasteiger partial charge is 0.319 e. The van der Waals surface area contributed by atoms with Crippen molar-refractivity contribution < 1.29 is 4.79 Å². The minimum atomic E-state index is -0.208. The van der Waals surface area contributed by atoms with Crippen molar-refractivity contribution in [2.75, 3.05) is 5.32 Å². The number of urea groups is 1. The summed E-state index contributed by atoms with van der Waals surface area (Å²) in [5, 5.41) is 5.57. The predicted molar refractivity (Wildman–Crippen MR) is 77.0 cm³/mol. The summed E-state index contributed by atoms with van der Waals surface area (Å²) in [7, 11) is 0. The first-order valence-electron chi connectivity index (χ1n) is 6.24. The van der Waals surface area contributed by atoms with Crippen molar-refractivity contribution in [3.05, 3.63) is 48.7 Å². The molecule has 1 heterocycles. The van der Waals surface area contributed by atoms with Crippen LogP contribution in [0.25, 0.3) is 11.3 Å². The minimum absolute atomic E-state index is 0.107. The van der Waals surface area contributed by atoms with Gasteiger partial charge in [0, 0.05) is 23.5 Å². The summed E-state index contributed by atoms with van der Waals surface area (Å²) in [6.07, 6.45) is 1.69. The van der Waals surface area contributed by atoms with Crippen LogP contribution in [0.1, 0.15) is 13.8 Å². The van der Waals surface area contributed by atoms with Crippen LogP contribution < -0.4 is 10.6 Å². The van der Waals surface area contributed by atoms with Gasteiger partial charge in [-0.15, -0.1) is 0 Å². The molecule has 0 bridgehead atoms. The van der Waals surface area contributed by atoms with Crippen molar-refractivity contribution in [2.45, 2.75) is 19.9 Å². The highest BCUT2D eigenvalue weighted by Crippen LogP contribution is 2.19. The van der Waals surface area contributed by atoms with E-state index in [0.29, 0.717) is 0 Å². The van der Waals surface area contributed by atoms with Crippen LogP contribution in [0.4, 0.5) is 10.5 Å². The first-order chi connectivity index (χ1) is 9.15. The van der Waals surface area contributed by atoms with Crippen LogP contribution in [0, 0.1) is 0 Å². The van der Waals surface area contributed by atoms with Gasteiger partial charge in [-0.05, 0) is 26.0 Å². The maximum Gasteiger partial charge on any atom is 0.319 e.